The molecule has 4 amide bonds. The van der Waals surface area contributed by atoms with Crippen molar-refractivity contribution in [1.29, 1.82) is 0 Å². The second-order valence-electron chi connectivity index (χ2n) is 11.7. The van der Waals surface area contributed by atoms with Gasteiger partial charge in [0.1, 0.15) is 12.1 Å². The van der Waals surface area contributed by atoms with Crippen LogP contribution in [0, 0.1) is 0 Å². The van der Waals surface area contributed by atoms with Crippen molar-refractivity contribution in [2.75, 3.05) is 13.1 Å². The van der Waals surface area contributed by atoms with Gasteiger partial charge < -0.3 is 32.7 Å². The average molecular weight is 649 g/mol. The molecule has 0 heterocycles. The number of amides is 4. The SMILES string of the molecule is N[C@@H](Cc1ccccc1)C(=O)N[C@@H](Cc1ccccc1)C(=O)NCCNC(=O)[C@H](Cc1ccccc1)NC(=O)[C@@H](N)Cc1ccccc1. The van der Waals surface area contributed by atoms with E-state index in [1.807, 2.05) is 121 Å². The zero-order valence-corrected chi connectivity index (χ0v) is 26.9. The minimum absolute atomic E-state index is 0.0985. The highest BCUT2D eigenvalue weighted by Gasteiger charge is 2.26. The van der Waals surface area contributed by atoms with Crippen LogP contribution in [-0.4, -0.2) is 60.9 Å². The molecule has 4 aromatic carbocycles. The maximum absolute atomic E-state index is 13.3. The lowest BCUT2D eigenvalue weighted by atomic mass is 10.0. The van der Waals surface area contributed by atoms with Gasteiger partial charge in [-0.25, -0.2) is 0 Å². The van der Waals surface area contributed by atoms with Gasteiger partial charge in [-0.3, -0.25) is 19.2 Å². The number of carbonyl (C=O) groups excluding carboxylic acids is 4. The van der Waals surface area contributed by atoms with E-state index >= 15 is 0 Å². The first-order valence-electron chi connectivity index (χ1n) is 16.1. The van der Waals surface area contributed by atoms with Crippen LogP contribution in [0.15, 0.2) is 121 Å². The lowest BCUT2D eigenvalue weighted by Gasteiger charge is -2.22. The van der Waals surface area contributed by atoms with Crippen molar-refractivity contribution in [2.45, 2.75) is 49.9 Å². The number of rotatable bonds is 17. The fraction of sp³-hybridized carbons (Fsp3) is 0.263. The van der Waals surface area contributed by atoms with Crippen LogP contribution in [0.3, 0.4) is 0 Å². The molecule has 0 bridgehead atoms. The number of nitrogens with one attached hydrogen (secondary N) is 4. The molecular weight excluding hydrogens is 604 g/mol. The number of nitrogens with two attached hydrogens (primary N) is 2. The average Bonchev–Trinajstić information content (AvgIpc) is 3.11. The minimum atomic E-state index is -0.881. The van der Waals surface area contributed by atoms with E-state index in [-0.39, 0.29) is 25.9 Å². The fourth-order valence-electron chi connectivity index (χ4n) is 5.21. The highest BCUT2D eigenvalue weighted by atomic mass is 16.2. The van der Waals surface area contributed by atoms with Gasteiger partial charge in [0.2, 0.25) is 23.6 Å². The van der Waals surface area contributed by atoms with Crippen LogP contribution in [0.4, 0.5) is 0 Å². The van der Waals surface area contributed by atoms with E-state index < -0.39 is 47.8 Å². The molecule has 0 aliphatic carbocycles. The molecule has 0 aromatic heterocycles. The Balaban J connectivity index is 1.33. The van der Waals surface area contributed by atoms with Crippen molar-refractivity contribution in [3.05, 3.63) is 144 Å². The highest BCUT2D eigenvalue weighted by Crippen LogP contribution is 2.08. The first-order valence-corrected chi connectivity index (χ1v) is 16.1. The number of benzene rings is 4. The first-order chi connectivity index (χ1) is 23.3. The standard InChI is InChI=1S/C38H44N6O4/c39-31(23-27-13-5-1-6-14-27)35(45)43-33(25-29-17-9-3-10-18-29)37(47)41-21-22-42-38(48)34(26-30-19-11-4-12-20-30)44-36(46)32(40)24-28-15-7-2-8-16-28/h1-20,31-34H,21-26,39-40H2,(H,41,47)(H,42,48)(H,43,45)(H,44,46)/t31-,32-,33-,34-/m0/s1. The van der Waals surface area contributed by atoms with E-state index in [4.69, 9.17) is 11.5 Å². The van der Waals surface area contributed by atoms with Gasteiger partial charge in [-0.05, 0) is 35.1 Å². The molecule has 0 fully saturated rings. The summed E-state index contributed by atoms with van der Waals surface area (Å²) in [6.45, 7) is 0.197. The predicted molar refractivity (Wildman–Crippen MR) is 186 cm³/mol. The third kappa shape index (κ3) is 11.8. The summed E-state index contributed by atoms with van der Waals surface area (Å²) in [6, 6.07) is 34.1. The molecular formula is C38H44N6O4. The van der Waals surface area contributed by atoms with E-state index in [0.29, 0.717) is 12.8 Å². The molecule has 0 unspecified atom stereocenters. The molecule has 4 rings (SSSR count). The Morgan fingerprint density at radius 3 is 0.979 bits per heavy atom. The largest absolute Gasteiger partial charge is 0.353 e. The monoisotopic (exact) mass is 648 g/mol. The summed E-state index contributed by atoms with van der Waals surface area (Å²) >= 11 is 0. The van der Waals surface area contributed by atoms with Crippen molar-refractivity contribution in [3.63, 3.8) is 0 Å². The molecule has 4 atom stereocenters. The second kappa shape index (κ2) is 18.7. The Kier molecular flexibility index (Phi) is 13.9. The molecule has 0 saturated heterocycles. The Morgan fingerprint density at radius 1 is 0.417 bits per heavy atom. The number of carbonyl (C=O) groups is 4. The minimum Gasteiger partial charge on any atom is -0.353 e. The van der Waals surface area contributed by atoms with Crippen LogP contribution < -0.4 is 32.7 Å². The van der Waals surface area contributed by atoms with Gasteiger partial charge in [0.15, 0.2) is 0 Å². The zero-order chi connectivity index (χ0) is 34.1. The molecule has 250 valence electrons. The molecule has 4 aromatic rings. The van der Waals surface area contributed by atoms with Crippen molar-refractivity contribution < 1.29 is 19.2 Å². The molecule has 0 saturated carbocycles. The normalized spacial score (nSPS) is 13.3. The predicted octanol–water partition coefficient (Wildman–Crippen LogP) is 1.81. The Bertz CT molecular complexity index is 1470. The van der Waals surface area contributed by atoms with Crippen molar-refractivity contribution in [1.82, 2.24) is 21.3 Å². The highest BCUT2D eigenvalue weighted by molar-refractivity contribution is 5.91. The lowest BCUT2D eigenvalue weighted by molar-refractivity contribution is -0.130. The van der Waals surface area contributed by atoms with Crippen LogP contribution in [0.2, 0.25) is 0 Å². The Morgan fingerprint density at radius 2 is 0.688 bits per heavy atom. The lowest BCUT2D eigenvalue weighted by Crippen LogP contribution is -2.55. The maximum Gasteiger partial charge on any atom is 0.242 e. The van der Waals surface area contributed by atoms with E-state index in [9.17, 15) is 19.2 Å². The van der Waals surface area contributed by atoms with Crippen molar-refractivity contribution >= 4 is 23.6 Å². The Labute approximate surface area is 281 Å². The number of hydrogen-bond donors (Lipinski definition) is 6. The van der Waals surface area contributed by atoms with Crippen LogP contribution in [-0.2, 0) is 44.9 Å². The Hall–Kier alpha value is -5.32. The van der Waals surface area contributed by atoms with Gasteiger partial charge in [0.25, 0.3) is 0 Å². The summed E-state index contributed by atoms with van der Waals surface area (Å²) in [7, 11) is 0. The maximum atomic E-state index is 13.3. The second-order valence-corrected chi connectivity index (χ2v) is 11.7. The first kappa shape index (κ1) is 35.5. The summed E-state index contributed by atoms with van der Waals surface area (Å²) in [4.78, 5) is 52.6. The van der Waals surface area contributed by atoms with Gasteiger partial charge in [0.05, 0.1) is 12.1 Å². The van der Waals surface area contributed by atoms with Crippen molar-refractivity contribution in [2.24, 2.45) is 11.5 Å². The van der Waals surface area contributed by atoms with Crippen LogP contribution >= 0.6 is 0 Å². The molecule has 48 heavy (non-hydrogen) atoms. The summed E-state index contributed by atoms with van der Waals surface area (Å²) < 4.78 is 0. The van der Waals surface area contributed by atoms with Crippen LogP contribution in [0.25, 0.3) is 0 Å². The molecule has 8 N–H and O–H groups in total. The van der Waals surface area contributed by atoms with Gasteiger partial charge in [-0.2, -0.15) is 0 Å². The van der Waals surface area contributed by atoms with Crippen LogP contribution in [0.5, 0.6) is 0 Å². The van der Waals surface area contributed by atoms with Gasteiger partial charge in [0, 0.05) is 25.9 Å². The third-order valence-electron chi connectivity index (χ3n) is 7.83. The molecule has 0 spiro atoms. The smallest absolute Gasteiger partial charge is 0.242 e. The molecule has 0 aliphatic rings. The van der Waals surface area contributed by atoms with Gasteiger partial charge in [-0.15, -0.1) is 0 Å². The summed E-state index contributed by atoms with van der Waals surface area (Å²) in [6.07, 6.45) is 1.18. The van der Waals surface area contributed by atoms with Crippen LogP contribution in [0.1, 0.15) is 22.3 Å². The van der Waals surface area contributed by atoms with E-state index in [1.54, 1.807) is 0 Å². The van der Waals surface area contributed by atoms with E-state index in [2.05, 4.69) is 21.3 Å². The van der Waals surface area contributed by atoms with E-state index in [1.165, 1.54) is 0 Å². The molecule has 0 radical (unpaired) electrons. The zero-order valence-electron chi connectivity index (χ0n) is 26.9. The fourth-order valence-corrected chi connectivity index (χ4v) is 5.21. The van der Waals surface area contributed by atoms with E-state index in [0.717, 1.165) is 22.3 Å². The summed E-state index contributed by atoms with van der Waals surface area (Å²) in [5.41, 5.74) is 16.0. The topological polar surface area (TPSA) is 168 Å². The molecule has 10 heteroatoms. The molecule has 0 aliphatic heterocycles. The summed E-state index contributed by atoms with van der Waals surface area (Å²) in [5, 5.41) is 11.2. The van der Waals surface area contributed by atoms with Gasteiger partial charge in [-0.1, -0.05) is 121 Å². The van der Waals surface area contributed by atoms with Crippen molar-refractivity contribution in [3.8, 4) is 0 Å². The quantitative estimate of drug-likeness (QED) is 0.0955. The third-order valence-corrected chi connectivity index (χ3v) is 7.83. The van der Waals surface area contributed by atoms with Gasteiger partial charge >= 0.3 is 0 Å². The molecule has 10 nitrogen and oxygen atoms in total. The number of hydrogen-bond acceptors (Lipinski definition) is 6. The summed E-state index contributed by atoms with van der Waals surface area (Å²) in [5.74, 6) is -1.69.